The van der Waals surface area contributed by atoms with E-state index < -0.39 is 17.5 Å². The van der Waals surface area contributed by atoms with Crippen LogP contribution in [-0.2, 0) is 4.79 Å². The summed E-state index contributed by atoms with van der Waals surface area (Å²) >= 11 is 0. The molecule has 1 atom stereocenters. The SMILES string of the molecule is CC(C)(CO)[C@@H](O)C(=O)[O-].[K+]. The maximum absolute atomic E-state index is 10.0. The van der Waals surface area contributed by atoms with Crippen molar-refractivity contribution < 1.29 is 71.5 Å². The van der Waals surface area contributed by atoms with Crippen molar-refractivity contribution in [2.24, 2.45) is 5.41 Å². The minimum Gasteiger partial charge on any atom is -0.547 e. The first-order chi connectivity index (χ1) is 4.41. The summed E-state index contributed by atoms with van der Waals surface area (Å²) < 4.78 is 0. The van der Waals surface area contributed by atoms with Crippen molar-refractivity contribution in [3.05, 3.63) is 0 Å². The monoisotopic (exact) mass is 186 g/mol. The van der Waals surface area contributed by atoms with Gasteiger partial charge in [-0.05, 0) is 0 Å². The predicted molar refractivity (Wildman–Crippen MR) is 31.9 cm³/mol. The molecule has 5 heteroatoms. The summed E-state index contributed by atoms with van der Waals surface area (Å²) in [6.07, 6.45) is -1.61. The molecule has 0 unspecified atom stereocenters. The summed E-state index contributed by atoms with van der Waals surface area (Å²) in [5, 5.41) is 27.4. The maximum atomic E-state index is 10.0. The third-order valence-corrected chi connectivity index (χ3v) is 1.37. The number of carboxylic acids is 1. The van der Waals surface area contributed by atoms with Crippen LogP contribution in [0.25, 0.3) is 0 Å². The standard InChI is InChI=1S/C6H12O4.K/c1-6(2,3-7)4(8)5(9)10;/h4,7-8H,3H2,1-2H3,(H,9,10);/q;+1/p-1/t4-;/m0./s1. The van der Waals surface area contributed by atoms with Crippen molar-refractivity contribution in [2.75, 3.05) is 6.61 Å². The van der Waals surface area contributed by atoms with Gasteiger partial charge in [-0.15, -0.1) is 0 Å². The number of hydrogen-bond acceptors (Lipinski definition) is 4. The number of aliphatic carboxylic acids is 1. The average molecular weight is 186 g/mol. The van der Waals surface area contributed by atoms with Gasteiger partial charge in [0.1, 0.15) is 6.10 Å². The molecule has 60 valence electrons. The van der Waals surface area contributed by atoms with Crippen LogP contribution in [0.2, 0.25) is 0 Å². The van der Waals surface area contributed by atoms with Gasteiger partial charge in [-0.3, -0.25) is 0 Å². The first-order valence-corrected chi connectivity index (χ1v) is 2.91. The molecule has 0 fully saturated rings. The molecule has 2 N–H and O–H groups in total. The van der Waals surface area contributed by atoms with Gasteiger partial charge in [0.15, 0.2) is 0 Å². The molecule has 0 rings (SSSR count). The van der Waals surface area contributed by atoms with Crippen LogP contribution >= 0.6 is 0 Å². The number of carbonyl (C=O) groups is 1. The van der Waals surface area contributed by atoms with Gasteiger partial charge >= 0.3 is 51.4 Å². The summed E-state index contributed by atoms with van der Waals surface area (Å²) in [6.45, 7) is 2.49. The van der Waals surface area contributed by atoms with E-state index in [9.17, 15) is 9.90 Å². The van der Waals surface area contributed by atoms with E-state index in [2.05, 4.69) is 0 Å². The Bertz CT molecular complexity index is 135. The molecule has 0 saturated heterocycles. The number of carboxylic acid groups (broad SMARTS) is 1. The largest absolute Gasteiger partial charge is 1.00 e. The second-order valence-electron chi connectivity index (χ2n) is 2.87. The van der Waals surface area contributed by atoms with E-state index in [1.807, 2.05) is 0 Å². The zero-order chi connectivity index (χ0) is 8.36. The molecular weight excluding hydrogens is 175 g/mol. The Balaban J connectivity index is 0. The van der Waals surface area contributed by atoms with Crippen LogP contribution in [0.3, 0.4) is 0 Å². The molecule has 0 aliphatic heterocycles. The van der Waals surface area contributed by atoms with E-state index in [0.29, 0.717) is 0 Å². The number of hydrogen-bond donors (Lipinski definition) is 2. The van der Waals surface area contributed by atoms with Gasteiger partial charge in [-0.1, -0.05) is 13.8 Å². The van der Waals surface area contributed by atoms with Crippen LogP contribution in [0.4, 0.5) is 0 Å². The molecule has 0 saturated carbocycles. The molecule has 4 nitrogen and oxygen atoms in total. The minimum absolute atomic E-state index is 0. The van der Waals surface area contributed by atoms with Crippen molar-refractivity contribution in [1.82, 2.24) is 0 Å². The normalized spacial score (nSPS) is 13.5. The Morgan fingerprint density at radius 3 is 2.09 bits per heavy atom. The molecule has 0 aromatic heterocycles. The maximum Gasteiger partial charge on any atom is 1.00 e. The summed E-state index contributed by atoms with van der Waals surface area (Å²) in [5.41, 5.74) is -1.03. The third kappa shape index (κ3) is 4.57. The van der Waals surface area contributed by atoms with Crippen LogP contribution in [0.5, 0.6) is 0 Å². The average Bonchev–Trinajstić information content (AvgIpc) is 1.86. The van der Waals surface area contributed by atoms with Gasteiger partial charge in [0.2, 0.25) is 0 Å². The minimum atomic E-state index is -1.61. The molecular formula is C6H11KO4. The fourth-order valence-corrected chi connectivity index (χ4v) is 0.406. The quantitative estimate of drug-likeness (QED) is 0.433. The van der Waals surface area contributed by atoms with Gasteiger partial charge < -0.3 is 20.1 Å². The second-order valence-corrected chi connectivity index (χ2v) is 2.87. The van der Waals surface area contributed by atoms with Crippen molar-refractivity contribution in [1.29, 1.82) is 0 Å². The zero-order valence-corrected chi connectivity index (χ0v) is 10.1. The van der Waals surface area contributed by atoms with Crippen LogP contribution in [0.15, 0.2) is 0 Å². The van der Waals surface area contributed by atoms with Crippen molar-refractivity contribution in [3.8, 4) is 0 Å². The fraction of sp³-hybridized carbons (Fsp3) is 0.833. The van der Waals surface area contributed by atoms with Crippen molar-refractivity contribution >= 4 is 5.97 Å². The van der Waals surface area contributed by atoms with E-state index >= 15 is 0 Å². The molecule has 0 aliphatic carbocycles. The molecule has 0 radical (unpaired) electrons. The number of aliphatic hydroxyl groups is 2. The predicted octanol–water partition coefficient (Wildman–Crippen LogP) is -4.88. The van der Waals surface area contributed by atoms with Crippen molar-refractivity contribution in [2.45, 2.75) is 20.0 Å². The van der Waals surface area contributed by atoms with Gasteiger partial charge in [-0.25, -0.2) is 0 Å². The first kappa shape index (κ1) is 14.5. The van der Waals surface area contributed by atoms with Crippen LogP contribution < -0.4 is 56.5 Å². The van der Waals surface area contributed by atoms with E-state index in [-0.39, 0.29) is 58.0 Å². The third-order valence-electron chi connectivity index (χ3n) is 1.37. The van der Waals surface area contributed by atoms with Crippen molar-refractivity contribution in [3.63, 3.8) is 0 Å². The molecule has 0 heterocycles. The summed E-state index contributed by atoms with van der Waals surface area (Å²) in [5.74, 6) is -1.56. The Labute approximate surface area is 108 Å². The summed E-state index contributed by atoms with van der Waals surface area (Å²) in [4.78, 5) is 10.0. The Morgan fingerprint density at radius 1 is 1.64 bits per heavy atom. The zero-order valence-electron chi connectivity index (χ0n) is 7.00. The number of aliphatic hydroxyl groups excluding tert-OH is 2. The van der Waals surface area contributed by atoms with E-state index in [4.69, 9.17) is 10.2 Å². The van der Waals surface area contributed by atoms with E-state index in [1.165, 1.54) is 13.8 Å². The first-order valence-electron chi connectivity index (χ1n) is 2.91. The Morgan fingerprint density at radius 2 is 2.00 bits per heavy atom. The molecule has 11 heavy (non-hydrogen) atoms. The van der Waals surface area contributed by atoms with Gasteiger partial charge in [0, 0.05) is 5.41 Å². The van der Waals surface area contributed by atoms with Crippen LogP contribution in [0, 0.1) is 5.41 Å². The Kier molecular flexibility index (Phi) is 7.45. The van der Waals surface area contributed by atoms with Crippen LogP contribution in [-0.4, -0.2) is 28.9 Å². The van der Waals surface area contributed by atoms with Gasteiger partial charge in [-0.2, -0.15) is 0 Å². The molecule has 0 amide bonds. The molecule has 0 aliphatic rings. The van der Waals surface area contributed by atoms with E-state index in [1.54, 1.807) is 0 Å². The number of rotatable bonds is 3. The molecule has 0 spiro atoms. The second kappa shape index (κ2) is 5.63. The Hall–Kier alpha value is 1.03. The smallest absolute Gasteiger partial charge is 0.547 e. The number of carbonyl (C=O) groups excluding carboxylic acids is 1. The fourth-order valence-electron chi connectivity index (χ4n) is 0.406. The van der Waals surface area contributed by atoms with Gasteiger partial charge in [0.25, 0.3) is 0 Å². The molecule has 0 aromatic rings. The summed E-state index contributed by atoms with van der Waals surface area (Å²) in [7, 11) is 0. The van der Waals surface area contributed by atoms with E-state index in [0.717, 1.165) is 0 Å². The topological polar surface area (TPSA) is 80.6 Å². The van der Waals surface area contributed by atoms with Crippen LogP contribution in [0.1, 0.15) is 13.8 Å². The molecule has 0 aromatic carbocycles. The van der Waals surface area contributed by atoms with Gasteiger partial charge in [0.05, 0.1) is 12.6 Å². The summed E-state index contributed by atoms with van der Waals surface area (Å²) in [6, 6.07) is 0. The molecule has 0 bridgehead atoms.